The maximum atomic E-state index is 2.36. The highest BCUT2D eigenvalue weighted by Crippen LogP contribution is 2.43. The summed E-state index contributed by atoms with van der Waals surface area (Å²) in [6, 6.07) is 65.0. The Hall–Kier alpha value is -5.86. The highest BCUT2D eigenvalue weighted by Gasteiger charge is 2.17. The SMILES string of the molecule is c1ccc(N(c2ccccc2)c2ccc3c(c2)c2ccccc2c2ccc(N(c4ccccc4)c4ccccc4)cc23)cc1. The van der Waals surface area contributed by atoms with E-state index in [2.05, 4.69) is 192 Å². The fraction of sp³-hybridized carbons (Fsp3) is 0. The van der Waals surface area contributed by atoms with E-state index in [4.69, 9.17) is 0 Å². The molecule has 2 nitrogen and oxygen atoms in total. The maximum Gasteiger partial charge on any atom is 0.0468 e. The standard InChI is InChI=1S/C42H30N2/c1-5-15-31(16-6-1)43(32-17-7-2-8-18-32)35-25-27-39-37-23-13-14-24-38(37)41-29-36(26-28-40(41)42(39)30-35)44(33-19-9-3-10-20-33)34-21-11-4-12-22-34/h1-30H. The predicted octanol–water partition coefficient (Wildman–Crippen LogP) is 12.1. The maximum absolute atomic E-state index is 2.36. The van der Waals surface area contributed by atoms with E-state index in [1.165, 1.54) is 32.3 Å². The Morgan fingerprint density at radius 2 is 0.477 bits per heavy atom. The highest BCUT2D eigenvalue weighted by molar-refractivity contribution is 6.26. The van der Waals surface area contributed by atoms with Crippen molar-refractivity contribution in [1.29, 1.82) is 0 Å². The van der Waals surface area contributed by atoms with E-state index in [9.17, 15) is 0 Å². The van der Waals surface area contributed by atoms with Gasteiger partial charge in [0.2, 0.25) is 0 Å². The number of anilines is 6. The number of hydrogen-bond acceptors (Lipinski definition) is 2. The summed E-state index contributed by atoms with van der Waals surface area (Å²) < 4.78 is 0. The van der Waals surface area contributed by atoms with Crippen LogP contribution in [0.5, 0.6) is 0 Å². The first-order valence-corrected chi connectivity index (χ1v) is 15.0. The molecule has 0 aliphatic rings. The molecule has 0 heterocycles. The van der Waals surface area contributed by atoms with Crippen molar-refractivity contribution in [1.82, 2.24) is 0 Å². The van der Waals surface area contributed by atoms with Gasteiger partial charge >= 0.3 is 0 Å². The molecule has 8 aromatic carbocycles. The minimum absolute atomic E-state index is 1.13. The molecule has 208 valence electrons. The summed E-state index contributed by atoms with van der Waals surface area (Å²) in [6.45, 7) is 0. The van der Waals surface area contributed by atoms with Crippen molar-refractivity contribution in [3.63, 3.8) is 0 Å². The number of rotatable bonds is 6. The summed E-state index contributed by atoms with van der Waals surface area (Å²) in [5.74, 6) is 0. The second kappa shape index (κ2) is 11.1. The third-order valence-corrected chi connectivity index (χ3v) is 8.38. The van der Waals surface area contributed by atoms with Gasteiger partial charge in [-0.15, -0.1) is 0 Å². The highest BCUT2D eigenvalue weighted by atomic mass is 15.1. The summed E-state index contributed by atoms with van der Waals surface area (Å²) in [7, 11) is 0. The second-order valence-electron chi connectivity index (χ2n) is 11.0. The number of hydrogen-bond donors (Lipinski definition) is 0. The average molecular weight is 563 g/mol. The number of benzene rings is 8. The minimum Gasteiger partial charge on any atom is -0.310 e. The van der Waals surface area contributed by atoms with Crippen LogP contribution in [0.1, 0.15) is 0 Å². The first-order chi connectivity index (χ1) is 21.8. The zero-order valence-corrected chi connectivity index (χ0v) is 24.2. The topological polar surface area (TPSA) is 6.48 Å². The first-order valence-electron chi connectivity index (χ1n) is 15.0. The molecule has 8 rings (SSSR count). The summed E-state index contributed by atoms with van der Waals surface area (Å²) in [5, 5.41) is 7.50. The Kier molecular flexibility index (Phi) is 6.51. The van der Waals surface area contributed by atoms with E-state index in [0.29, 0.717) is 0 Å². The van der Waals surface area contributed by atoms with Crippen LogP contribution in [0.2, 0.25) is 0 Å². The van der Waals surface area contributed by atoms with E-state index in [1.807, 2.05) is 0 Å². The molecule has 0 aliphatic carbocycles. The van der Waals surface area contributed by atoms with E-state index in [1.54, 1.807) is 0 Å². The van der Waals surface area contributed by atoms with Gasteiger partial charge in [0.05, 0.1) is 0 Å². The van der Waals surface area contributed by atoms with Crippen LogP contribution in [0, 0.1) is 0 Å². The molecule has 0 spiro atoms. The molecule has 0 amide bonds. The van der Waals surface area contributed by atoms with Gasteiger partial charge in [-0.05, 0) is 105 Å². The van der Waals surface area contributed by atoms with Crippen molar-refractivity contribution >= 4 is 66.4 Å². The van der Waals surface area contributed by atoms with Crippen LogP contribution < -0.4 is 9.80 Å². The normalized spacial score (nSPS) is 11.2. The summed E-state index contributed by atoms with van der Waals surface area (Å²) in [4.78, 5) is 4.67. The quantitative estimate of drug-likeness (QED) is 0.186. The smallest absolute Gasteiger partial charge is 0.0468 e. The Morgan fingerprint density at radius 3 is 0.841 bits per heavy atom. The molecular weight excluding hydrogens is 532 g/mol. The van der Waals surface area contributed by atoms with Gasteiger partial charge < -0.3 is 9.80 Å². The molecule has 0 atom stereocenters. The van der Waals surface area contributed by atoms with Crippen LogP contribution in [0.4, 0.5) is 34.1 Å². The van der Waals surface area contributed by atoms with Crippen LogP contribution in [-0.4, -0.2) is 0 Å². The van der Waals surface area contributed by atoms with Crippen molar-refractivity contribution in [2.24, 2.45) is 0 Å². The molecular formula is C42H30N2. The van der Waals surface area contributed by atoms with Gasteiger partial charge in [-0.1, -0.05) is 109 Å². The molecule has 0 unspecified atom stereocenters. The third-order valence-electron chi connectivity index (χ3n) is 8.38. The molecule has 0 saturated carbocycles. The molecule has 2 heteroatoms. The fourth-order valence-corrected chi connectivity index (χ4v) is 6.41. The molecule has 0 radical (unpaired) electrons. The Morgan fingerprint density at radius 1 is 0.205 bits per heavy atom. The third kappa shape index (κ3) is 4.54. The Labute approximate surface area is 257 Å². The van der Waals surface area contributed by atoms with Crippen LogP contribution in [0.3, 0.4) is 0 Å². The molecule has 0 saturated heterocycles. The molecule has 8 aromatic rings. The number of para-hydroxylation sites is 4. The van der Waals surface area contributed by atoms with Gasteiger partial charge in [0.1, 0.15) is 0 Å². The Balaban J connectivity index is 1.38. The van der Waals surface area contributed by atoms with Crippen LogP contribution in [0.15, 0.2) is 182 Å². The minimum atomic E-state index is 1.13. The largest absolute Gasteiger partial charge is 0.310 e. The van der Waals surface area contributed by atoms with Gasteiger partial charge in [-0.3, -0.25) is 0 Å². The zero-order chi connectivity index (χ0) is 29.3. The van der Waals surface area contributed by atoms with Crippen LogP contribution >= 0.6 is 0 Å². The van der Waals surface area contributed by atoms with Crippen LogP contribution in [0.25, 0.3) is 32.3 Å². The molecule has 0 aliphatic heterocycles. The van der Waals surface area contributed by atoms with Crippen LogP contribution in [-0.2, 0) is 0 Å². The first kappa shape index (κ1) is 25.8. The van der Waals surface area contributed by atoms with Crippen molar-refractivity contribution in [2.75, 3.05) is 9.80 Å². The number of fused-ring (bicyclic) bond motifs is 6. The Bertz CT molecular complexity index is 2010. The predicted molar refractivity (Wildman–Crippen MR) is 188 cm³/mol. The summed E-state index contributed by atoms with van der Waals surface area (Å²) >= 11 is 0. The van der Waals surface area contributed by atoms with E-state index in [-0.39, 0.29) is 0 Å². The van der Waals surface area contributed by atoms with Gasteiger partial charge in [-0.25, -0.2) is 0 Å². The average Bonchev–Trinajstić information content (AvgIpc) is 3.10. The van der Waals surface area contributed by atoms with E-state index in [0.717, 1.165) is 34.1 Å². The van der Waals surface area contributed by atoms with Crippen molar-refractivity contribution in [3.05, 3.63) is 182 Å². The lowest BCUT2D eigenvalue weighted by Gasteiger charge is -2.27. The second-order valence-corrected chi connectivity index (χ2v) is 11.0. The number of nitrogens with zero attached hydrogens (tertiary/aromatic N) is 2. The van der Waals surface area contributed by atoms with Gasteiger partial charge in [0, 0.05) is 34.1 Å². The van der Waals surface area contributed by atoms with E-state index >= 15 is 0 Å². The lowest BCUT2D eigenvalue weighted by molar-refractivity contribution is 1.29. The van der Waals surface area contributed by atoms with Gasteiger partial charge in [-0.2, -0.15) is 0 Å². The van der Waals surface area contributed by atoms with Gasteiger partial charge in [0.25, 0.3) is 0 Å². The van der Waals surface area contributed by atoms with E-state index < -0.39 is 0 Å². The lowest BCUT2D eigenvalue weighted by Crippen LogP contribution is -2.10. The molecule has 0 fully saturated rings. The van der Waals surface area contributed by atoms with Gasteiger partial charge in [0.15, 0.2) is 0 Å². The van der Waals surface area contributed by atoms with Crippen molar-refractivity contribution in [2.45, 2.75) is 0 Å². The summed E-state index contributed by atoms with van der Waals surface area (Å²) in [6.07, 6.45) is 0. The van der Waals surface area contributed by atoms with Crippen molar-refractivity contribution in [3.8, 4) is 0 Å². The fourth-order valence-electron chi connectivity index (χ4n) is 6.41. The molecule has 0 bridgehead atoms. The molecule has 44 heavy (non-hydrogen) atoms. The summed E-state index contributed by atoms with van der Waals surface area (Å²) in [5.41, 5.74) is 6.79. The monoisotopic (exact) mass is 562 g/mol. The lowest BCUT2D eigenvalue weighted by atomic mass is 9.93. The molecule has 0 aromatic heterocycles. The molecule has 0 N–H and O–H groups in total. The van der Waals surface area contributed by atoms with Crippen molar-refractivity contribution < 1.29 is 0 Å². The zero-order valence-electron chi connectivity index (χ0n) is 24.2.